The predicted molar refractivity (Wildman–Crippen MR) is 104 cm³/mol. The van der Waals surface area contributed by atoms with Gasteiger partial charge in [0.2, 0.25) is 5.91 Å². The van der Waals surface area contributed by atoms with E-state index in [0.29, 0.717) is 29.3 Å². The lowest BCUT2D eigenvalue weighted by molar-refractivity contribution is -0.123. The van der Waals surface area contributed by atoms with E-state index < -0.39 is 5.92 Å². The van der Waals surface area contributed by atoms with Crippen LogP contribution in [0.4, 0.5) is 5.69 Å². The molecule has 3 rings (SSSR count). The van der Waals surface area contributed by atoms with E-state index in [1.807, 2.05) is 31.2 Å². The van der Waals surface area contributed by atoms with Crippen molar-refractivity contribution in [3.8, 4) is 11.5 Å². The first-order valence-electron chi connectivity index (χ1n) is 8.80. The summed E-state index contributed by atoms with van der Waals surface area (Å²) in [6.07, 6.45) is 0.619. The van der Waals surface area contributed by atoms with Gasteiger partial charge in [-0.05, 0) is 36.2 Å². The highest BCUT2D eigenvalue weighted by Gasteiger charge is 2.32. The van der Waals surface area contributed by atoms with Gasteiger partial charge in [-0.1, -0.05) is 25.1 Å². The number of fused-ring (bicyclic) bond motifs is 1. The molecule has 0 saturated heterocycles. The summed E-state index contributed by atoms with van der Waals surface area (Å²) >= 11 is 0. The summed E-state index contributed by atoms with van der Waals surface area (Å²) in [5.41, 5.74) is 2.95. The van der Waals surface area contributed by atoms with Crippen molar-refractivity contribution in [3.05, 3.63) is 53.6 Å². The van der Waals surface area contributed by atoms with E-state index in [2.05, 4.69) is 10.3 Å². The number of methoxy groups -OCH3 is 2. The zero-order valence-corrected chi connectivity index (χ0v) is 15.6. The molecule has 27 heavy (non-hydrogen) atoms. The highest BCUT2D eigenvalue weighted by atomic mass is 16.5. The van der Waals surface area contributed by atoms with Crippen LogP contribution in [0.25, 0.3) is 0 Å². The minimum atomic E-state index is -0.654. The number of carbonyl (C=O) groups is 2. The SMILES string of the molecule is CCC1=NC(=O)[C@H](CC(=O)Nc2ccccc2)c2cc(OC)c(OC)cc21. The van der Waals surface area contributed by atoms with Gasteiger partial charge in [-0.25, -0.2) is 4.99 Å². The Morgan fingerprint density at radius 1 is 1.11 bits per heavy atom. The van der Waals surface area contributed by atoms with Gasteiger partial charge in [0, 0.05) is 17.7 Å². The number of para-hydroxylation sites is 1. The van der Waals surface area contributed by atoms with Crippen molar-refractivity contribution in [1.29, 1.82) is 0 Å². The van der Waals surface area contributed by atoms with Gasteiger partial charge in [0.25, 0.3) is 5.91 Å². The van der Waals surface area contributed by atoms with Crippen LogP contribution in [0.15, 0.2) is 47.5 Å². The van der Waals surface area contributed by atoms with E-state index in [9.17, 15) is 9.59 Å². The van der Waals surface area contributed by atoms with Gasteiger partial charge in [-0.2, -0.15) is 0 Å². The minimum Gasteiger partial charge on any atom is -0.493 e. The standard InChI is InChI=1S/C21H22N2O4/c1-4-17-15-11-19(27-3)18(26-2)10-14(15)16(21(25)23-17)12-20(24)22-13-8-6-5-7-9-13/h5-11,16H,4,12H2,1-3H3,(H,22,24)/t16-/m1/s1. The van der Waals surface area contributed by atoms with Gasteiger partial charge >= 0.3 is 0 Å². The fourth-order valence-corrected chi connectivity index (χ4v) is 3.22. The van der Waals surface area contributed by atoms with Gasteiger partial charge < -0.3 is 14.8 Å². The topological polar surface area (TPSA) is 77.0 Å². The first-order chi connectivity index (χ1) is 13.1. The van der Waals surface area contributed by atoms with Crippen LogP contribution in [0.3, 0.4) is 0 Å². The molecule has 0 saturated carbocycles. The second-order valence-electron chi connectivity index (χ2n) is 6.22. The second-order valence-corrected chi connectivity index (χ2v) is 6.22. The third kappa shape index (κ3) is 3.84. The maximum atomic E-state index is 12.6. The van der Waals surface area contributed by atoms with Crippen LogP contribution in [0, 0.1) is 0 Å². The van der Waals surface area contributed by atoms with Crippen molar-refractivity contribution in [2.75, 3.05) is 19.5 Å². The second kappa shape index (κ2) is 8.03. The fourth-order valence-electron chi connectivity index (χ4n) is 3.22. The molecule has 6 heteroatoms. The molecular weight excluding hydrogens is 344 g/mol. The number of rotatable bonds is 6. The molecule has 140 valence electrons. The van der Waals surface area contributed by atoms with E-state index in [-0.39, 0.29) is 18.2 Å². The normalized spacial score (nSPS) is 15.6. The molecule has 0 spiro atoms. The summed E-state index contributed by atoms with van der Waals surface area (Å²) in [6.45, 7) is 1.94. The van der Waals surface area contributed by atoms with E-state index >= 15 is 0 Å². The molecule has 1 heterocycles. The summed E-state index contributed by atoms with van der Waals surface area (Å²) in [5.74, 6) is -0.113. The molecule has 2 aromatic carbocycles. The molecule has 1 aliphatic rings. The summed E-state index contributed by atoms with van der Waals surface area (Å²) in [5, 5.41) is 2.82. The average molecular weight is 366 g/mol. The fraction of sp³-hybridized carbons (Fsp3) is 0.286. The summed E-state index contributed by atoms with van der Waals surface area (Å²) in [4.78, 5) is 29.3. The Bertz CT molecular complexity index is 891. The van der Waals surface area contributed by atoms with Crippen molar-refractivity contribution in [2.24, 2.45) is 4.99 Å². The van der Waals surface area contributed by atoms with Crippen molar-refractivity contribution in [3.63, 3.8) is 0 Å². The van der Waals surface area contributed by atoms with Crippen LogP contribution >= 0.6 is 0 Å². The first kappa shape index (κ1) is 18.6. The lowest BCUT2D eigenvalue weighted by atomic mass is 9.85. The molecule has 0 fully saturated rings. The summed E-state index contributed by atoms with van der Waals surface area (Å²) in [6, 6.07) is 12.8. The lowest BCUT2D eigenvalue weighted by Gasteiger charge is -2.24. The Kier molecular flexibility index (Phi) is 5.54. The number of anilines is 1. The highest BCUT2D eigenvalue weighted by molar-refractivity contribution is 6.13. The predicted octanol–water partition coefficient (Wildman–Crippen LogP) is 3.56. The Labute approximate surface area is 158 Å². The summed E-state index contributed by atoms with van der Waals surface area (Å²) in [7, 11) is 3.10. The number of aliphatic imine (C=N–C) groups is 1. The number of hydrogen-bond acceptors (Lipinski definition) is 4. The van der Waals surface area contributed by atoms with Crippen LogP contribution < -0.4 is 14.8 Å². The third-order valence-corrected chi connectivity index (χ3v) is 4.57. The molecule has 1 atom stereocenters. The van der Waals surface area contributed by atoms with E-state index in [4.69, 9.17) is 9.47 Å². The molecule has 0 radical (unpaired) electrons. The maximum absolute atomic E-state index is 12.6. The number of benzene rings is 2. The quantitative estimate of drug-likeness (QED) is 0.848. The zero-order valence-electron chi connectivity index (χ0n) is 15.6. The number of nitrogens with zero attached hydrogens (tertiary/aromatic N) is 1. The van der Waals surface area contributed by atoms with Crippen molar-refractivity contribution >= 4 is 23.2 Å². The molecule has 0 aromatic heterocycles. The summed E-state index contributed by atoms with van der Waals surface area (Å²) < 4.78 is 10.8. The molecule has 0 aliphatic carbocycles. The smallest absolute Gasteiger partial charge is 0.254 e. The van der Waals surface area contributed by atoms with E-state index in [1.54, 1.807) is 32.4 Å². The number of carbonyl (C=O) groups excluding carboxylic acids is 2. The van der Waals surface area contributed by atoms with Gasteiger partial charge in [0.05, 0.1) is 25.8 Å². The van der Waals surface area contributed by atoms with Gasteiger partial charge in [0.1, 0.15) is 0 Å². The van der Waals surface area contributed by atoms with E-state index in [0.717, 1.165) is 11.1 Å². The van der Waals surface area contributed by atoms with Crippen LogP contribution in [-0.2, 0) is 9.59 Å². The maximum Gasteiger partial charge on any atom is 0.254 e. The number of nitrogens with one attached hydrogen (secondary N) is 1. The molecule has 1 N–H and O–H groups in total. The average Bonchev–Trinajstić information content (AvgIpc) is 2.69. The first-order valence-corrected chi connectivity index (χ1v) is 8.80. The van der Waals surface area contributed by atoms with Gasteiger partial charge in [-0.15, -0.1) is 0 Å². The Balaban J connectivity index is 1.94. The van der Waals surface area contributed by atoms with Crippen molar-refractivity contribution < 1.29 is 19.1 Å². The molecule has 0 unspecified atom stereocenters. The monoisotopic (exact) mass is 366 g/mol. The highest BCUT2D eigenvalue weighted by Crippen LogP contribution is 2.38. The van der Waals surface area contributed by atoms with Crippen LogP contribution in [-0.4, -0.2) is 31.7 Å². The van der Waals surface area contributed by atoms with Crippen LogP contribution in [0.1, 0.15) is 36.8 Å². The van der Waals surface area contributed by atoms with E-state index in [1.165, 1.54) is 0 Å². The van der Waals surface area contributed by atoms with Crippen LogP contribution in [0.2, 0.25) is 0 Å². The Hall–Kier alpha value is -3.15. The van der Waals surface area contributed by atoms with Crippen LogP contribution in [0.5, 0.6) is 11.5 Å². The van der Waals surface area contributed by atoms with Crippen molar-refractivity contribution in [1.82, 2.24) is 0 Å². The number of amides is 2. The van der Waals surface area contributed by atoms with Gasteiger partial charge in [-0.3, -0.25) is 9.59 Å². The van der Waals surface area contributed by atoms with Gasteiger partial charge in [0.15, 0.2) is 11.5 Å². The molecule has 2 aromatic rings. The Morgan fingerprint density at radius 2 is 1.78 bits per heavy atom. The lowest BCUT2D eigenvalue weighted by Crippen LogP contribution is -2.26. The number of ether oxygens (including phenoxy) is 2. The molecule has 0 bridgehead atoms. The molecule has 2 amide bonds. The Morgan fingerprint density at radius 3 is 2.41 bits per heavy atom. The third-order valence-electron chi connectivity index (χ3n) is 4.57. The zero-order chi connectivity index (χ0) is 19.4. The molecule has 6 nitrogen and oxygen atoms in total. The molecule has 1 aliphatic heterocycles. The largest absolute Gasteiger partial charge is 0.493 e. The number of hydrogen-bond donors (Lipinski definition) is 1. The van der Waals surface area contributed by atoms with Crippen molar-refractivity contribution in [2.45, 2.75) is 25.7 Å². The molecular formula is C21H22N2O4. The minimum absolute atomic E-state index is 0.0106.